The van der Waals surface area contributed by atoms with Gasteiger partial charge in [-0.05, 0) is 36.8 Å². The van der Waals surface area contributed by atoms with Gasteiger partial charge in [0.2, 0.25) is 5.91 Å². The molecule has 1 aromatic carbocycles. The van der Waals surface area contributed by atoms with Crippen LogP contribution in [0.5, 0.6) is 5.75 Å². The number of aliphatic imine (C=N–C) groups is 1. The standard InChI is InChI=1S/C27H30F2N4O3/c1-17-16-33(19(3)34)14-10-24(17)31-26(18(2)22-5-4-11-30-27(22)35)32-12-8-21(9-13-32)36-25-7-6-20(28)15-23(25)29/h4-7,11,15,21H,2,8-10,12-14,16H2,1,3H3,(H,30,35). The van der Waals surface area contributed by atoms with E-state index in [2.05, 4.69) is 16.5 Å². The first-order chi connectivity index (χ1) is 17.2. The second-order valence-electron chi connectivity index (χ2n) is 9.12. The van der Waals surface area contributed by atoms with Crippen molar-refractivity contribution in [3.8, 4) is 5.75 Å². The third-order valence-electron chi connectivity index (χ3n) is 6.57. The van der Waals surface area contributed by atoms with E-state index in [4.69, 9.17) is 9.73 Å². The normalized spacial score (nSPS) is 17.4. The van der Waals surface area contributed by atoms with Gasteiger partial charge in [0.05, 0.1) is 5.56 Å². The first-order valence-electron chi connectivity index (χ1n) is 12.0. The highest BCUT2D eigenvalue weighted by atomic mass is 19.1. The molecule has 1 amide bonds. The SMILES string of the molecule is C=C(C(=NC1=C(C)CN(C(C)=O)CC1)N1CCC(Oc2ccc(F)cc2F)CC1)c1ccc[nH]c1=O. The van der Waals surface area contributed by atoms with E-state index in [-0.39, 0.29) is 23.3 Å². The molecule has 36 heavy (non-hydrogen) atoms. The van der Waals surface area contributed by atoms with Crippen LogP contribution in [0.1, 0.15) is 38.7 Å². The van der Waals surface area contributed by atoms with Gasteiger partial charge in [0.15, 0.2) is 11.6 Å². The van der Waals surface area contributed by atoms with E-state index in [1.54, 1.807) is 30.2 Å². The lowest BCUT2D eigenvalue weighted by molar-refractivity contribution is -0.128. The van der Waals surface area contributed by atoms with Crippen molar-refractivity contribution in [2.45, 2.75) is 39.2 Å². The van der Waals surface area contributed by atoms with Crippen LogP contribution >= 0.6 is 0 Å². The van der Waals surface area contributed by atoms with Gasteiger partial charge in [-0.25, -0.2) is 13.8 Å². The molecule has 1 aromatic heterocycles. The van der Waals surface area contributed by atoms with E-state index in [0.29, 0.717) is 62.4 Å². The summed E-state index contributed by atoms with van der Waals surface area (Å²) in [7, 11) is 0. The molecule has 1 fully saturated rings. The Morgan fingerprint density at radius 3 is 2.56 bits per heavy atom. The number of rotatable bonds is 5. The summed E-state index contributed by atoms with van der Waals surface area (Å²) in [6, 6.07) is 6.74. The van der Waals surface area contributed by atoms with E-state index in [1.165, 1.54) is 12.1 Å². The molecule has 0 unspecified atom stereocenters. The molecule has 2 aromatic rings. The third kappa shape index (κ3) is 5.72. The molecule has 4 rings (SSSR count). The molecule has 0 saturated carbocycles. The Morgan fingerprint density at radius 1 is 1.17 bits per heavy atom. The minimum atomic E-state index is -0.726. The molecule has 3 heterocycles. The summed E-state index contributed by atoms with van der Waals surface area (Å²) in [5.41, 5.74) is 2.56. The van der Waals surface area contributed by atoms with Crippen molar-refractivity contribution < 1.29 is 18.3 Å². The van der Waals surface area contributed by atoms with Gasteiger partial charge in [0.25, 0.3) is 5.56 Å². The van der Waals surface area contributed by atoms with E-state index in [9.17, 15) is 18.4 Å². The maximum atomic E-state index is 14.0. The Morgan fingerprint density at radius 2 is 1.92 bits per heavy atom. The van der Waals surface area contributed by atoms with Crippen LogP contribution < -0.4 is 10.3 Å². The zero-order valence-electron chi connectivity index (χ0n) is 20.5. The van der Waals surface area contributed by atoms with Crippen molar-refractivity contribution in [1.29, 1.82) is 0 Å². The molecule has 190 valence electrons. The van der Waals surface area contributed by atoms with Crippen LogP contribution in [0.2, 0.25) is 0 Å². The quantitative estimate of drug-likeness (QED) is 0.499. The Hall–Kier alpha value is -3.75. The minimum absolute atomic E-state index is 0.0255. The molecule has 7 nitrogen and oxygen atoms in total. The molecular formula is C27H30F2N4O3. The monoisotopic (exact) mass is 496 g/mol. The highest BCUT2D eigenvalue weighted by molar-refractivity contribution is 6.22. The fourth-order valence-electron chi connectivity index (χ4n) is 4.50. The zero-order chi connectivity index (χ0) is 25.8. The lowest BCUT2D eigenvalue weighted by Crippen LogP contribution is -2.43. The Labute approximate surface area is 208 Å². The number of nitrogens with one attached hydrogen (secondary N) is 1. The largest absolute Gasteiger partial charge is 0.487 e. The third-order valence-corrected chi connectivity index (χ3v) is 6.57. The summed E-state index contributed by atoms with van der Waals surface area (Å²) in [5, 5.41) is 0. The fourth-order valence-corrected chi connectivity index (χ4v) is 4.50. The Kier molecular flexibility index (Phi) is 7.67. The number of piperidine rings is 1. The number of carbonyl (C=O) groups excluding carboxylic acids is 1. The van der Waals surface area contributed by atoms with Gasteiger partial charge in [0, 0.05) is 75.9 Å². The van der Waals surface area contributed by atoms with Gasteiger partial charge in [-0.3, -0.25) is 9.59 Å². The number of hydrogen-bond donors (Lipinski definition) is 1. The van der Waals surface area contributed by atoms with Crippen LogP contribution in [0.3, 0.4) is 0 Å². The molecule has 9 heteroatoms. The van der Waals surface area contributed by atoms with Crippen molar-refractivity contribution in [3.63, 3.8) is 0 Å². The lowest BCUT2D eigenvalue weighted by atomic mass is 10.0. The average Bonchev–Trinajstić information content (AvgIpc) is 2.85. The molecule has 1 saturated heterocycles. The van der Waals surface area contributed by atoms with E-state index < -0.39 is 11.6 Å². The maximum absolute atomic E-state index is 14.0. The van der Waals surface area contributed by atoms with E-state index in [0.717, 1.165) is 17.3 Å². The predicted octanol–water partition coefficient (Wildman–Crippen LogP) is 4.13. The Balaban J connectivity index is 1.57. The number of hydrogen-bond acceptors (Lipinski definition) is 4. The number of aromatic nitrogens is 1. The Bertz CT molecular complexity index is 1280. The number of carbonyl (C=O) groups is 1. The smallest absolute Gasteiger partial charge is 0.255 e. The number of ether oxygens (including phenoxy) is 1. The van der Waals surface area contributed by atoms with Gasteiger partial charge in [-0.1, -0.05) is 6.58 Å². The summed E-state index contributed by atoms with van der Waals surface area (Å²) in [5.74, 6) is -0.720. The molecule has 0 aliphatic carbocycles. The number of pyridine rings is 1. The van der Waals surface area contributed by atoms with Gasteiger partial charge < -0.3 is 19.5 Å². The summed E-state index contributed by atoms with van der Waals surface area (Å²) >= 11 is 0. The predicted molar refractivity (Wildman–Crippen MR) is 135 cm³/mol. The minimum Gasteiger partial charge on any atom is -0.487 e. The zero-order valence-corrected chi connectivity index (χ0v) is 20.5. The van der Waals surface area contributed by atoms with Gasteiger partial charge in [0.1, 0.15) is 17.8 Å². The number of nitrogens with zero attached hydrogens (tertiary/aromatic N) is 3. The highest BCUT2D eigenvalue weighted by Crippen LogP contribution is 2.27. The number of aromatic amines is 1. The molecule has 0 radical (unpaired) electrons. The summed E-state index contributed by atoms with van der Waals surface area (Å²) in [4.78, 5) is 35.8. The van der Waals surface area contributed by atoms with Gasteiger partial charge in [-0.15, -0.1) is 0 Å². The van der Waals surface area contributed by atoms with Crippen molar-refractivity contribution in [2.75, 3.05) is 26.2 Å². The molecule has 2 aliphatic heterocycles. The number of benzene rings is 1. The average molecular weight is 497 g/mol. The van der Waals surface area contributed by atoms with Crippen molar-refractivity contribution in [1.82, 2.24) is 14.8 Å². The summed E-state index contributed by atoms with van der Waals surface area (Å²) in [6.45, 7) is 9.93. The number of halogens is 2. The summed E-state index contributed by atoms with van der Waals surface area (Å²) < 4.78 is 33.1. The van der Waals surface area contributed by atoms with Crippen LogP contribution in [0.25, 0.3) is 5.57 Å². The van der Waals surface area contributed by atoms with Gasteiger partial charge >= 0.3 is 0 Å². The van der Waals surface area contributed by atoms with Gasteiger partial charge in [-0.2, -0.15) is 0 Å². The molecule has 0 spiro atoms. The molecule has 0 atom stereocenters. The van der Waals surface area contributed by atoms with Crippen molar-refractivity contribution >= 4 is 17.3 Å². The second kappa shape index (κ2) is 10.9. The second-order valence-corrected chi connectivity index (χ2v) is 9.12. The number of H-pyrrole nitrogens is 1. The number of likely N-dealkylation sites (tertiary alicyclic amines) is 1. The maximum Gasteiger partial charge on any atom is 0.255 e. The molecular weight excluding hydrogens is 466 g/mol. The van der Waals surface area contributed by atoms with Crippen LogP contribution in [0.4, 0.5) is 8.78 Å². The number of amides is 1. The fraction of sp³-hybridized carbons (Fsp3) is 0.370. The van der Waals surface area contributed by atoms with Crippen LogP contribution in [0.15, 0.2) is 64.2 Å². The summed E-state index contributed by atoms with van der Waals surface area (Å²) in [6.07, 6.45) is 3.11. The molecule has 2 aliphatic rings. The van der Waals surface area contributed by atoms with Crippen molar-refractivity contribution in [2.24, 2.45) is 4.99 Å². The van der Waals surface area contributed by atoms with Crippen molar-refractivity contribution in [3.05, 3.63) is 81.9 Å². The molecule has 1 N–H and O–H groups in total. The van der Waals surface area contributed by atoms with E-state index in [1.807, 2.05) is 6.92 Å². The lowest BCUT2D eigenvalue weighted by Gasteiger charge is -2.35. The highest BCUT2D eigenvalue weighted by Gasteiger charge is 2.27. The first-order valence-corrected chi connectivity index (χ1v) is 12.0. The van der Waals surface area contributed by atoms with Crippen LogP contribution in [-0.4, -0.2) is 58.8 Å². The van der Waals surface area contributed by atoms with Crippen LogP contribution in [0, 0.1) is 11.6 Å². The van der Waals surface area contributed by atoms with E-state index >= 15 is 0 Å². The number of amidine groups is 1. The molecule has 0 bridgehead atoms. The van der Waals surface area contributed by atoms with Crippen LogP contribution in [-0.2, 0) is 4.79 Å². The topological polar surface area (TPSA) is 78.0 Å². The first kappa shape index (κ1) is 25.3.